The average Bonchev–Trinajstić information content (AvgIpc) is 3.16. The molecule has 2 atom stereocenters. The van der Waals surface area contributed by atoms with Gasteiger partial charge in [-0.3, -0.25) is 20.1 Å². The highest BCUT2D eigenvalue weighted by Crippen LogP contribution is 2.25. The molecule has 2 unspecified atom stereocenters. The molecule has 1 aliphatic heterocycles. The highest BCUT2D eigenvalue weighted by Gasteiger charge is 2.38. The predicted octanol–water partition coefficient (Wildman–Crippen LogP) is 0.640. The molecule has 2 aliphatic rings. The number of hydrogen-bond acceptors (Lipinski definition) is 7. The van der Waals surface area contributed by atoms with Crippen LogP contribution in [0, 0.1) is 10.1 Å². The number of nitrogens with two attached hydrogens (primary N) is 1. The van der Waals surface area contributed by atoms with E-state index in [0.717, 1.165) is 5.56 Å². The van der Waals surface area contributed by atoms with E-state index in [-0.39, 0.29) is 16.6 Å². The van der Waals surface area contributed by atoms with E-state index in [9.17, 15) is 14.9 Å². The molecule has 1 aromatic carbocycles. The molecule has 0 saturated carbocycles. The molecule has 150 valence electrons. The number of hydroxylamine groups is 1. The van der Waals surface area contributed by atoms with Gasteiger partial charge < -0.3 is 16.4 Å². The number of nitrogens with one attached hydrogen (secondary N) is 3. The summed E-state index contributed by atoms with van der Waals surface area (Å²) in [6.07, 6.45) is 6.47. The largest absolute Gasteiger partial charge is 0.367 e. The average molecular weight is 397 g/mol. The highest BCUT2D eigenvalue weighted by molar-refractivity contribution is 6.05. The molecule has 0 spiro atoms. The number of amides is 1. The maximum absolute atomic E-state index is 12.5. The molecule has 0 aromatic heterocycles. The van der Waals surface area contributed by atoms with Crippen LogP contribution in [0.2, 0.25) is 0 Å². The maximum Gasteiger partial charge on any atom is 0.271 e. The SMILES string of the molecule is C/C(=N\N=C(N)NO)c1ccc(NC(=O)C2=CC3=CC=CC([N+](=O)[O-])C3N2)cc1. The fraction of sp³-hybridized carbons (Fsp3) is 0.167. The molecule has 0 bridgehead atoms. The van der Waals surface area contributed by atoms with Crippen LogP contribution in [0.5, 0.6) is 0 Å². The van der Waals surface area contributed by atoms with Crippen LogP contribution in [0.3, 0.4) is 0 Å². The van der Waals surface area contributed by atoms with Crippen LogP contribution in [-0.4, -0.2) is 39.8 Å². The van der Waals surface area contributed by atoms with Gasteiger partial charge in [-0.2, -0.15) is 5.10 Å². The fourth-order valence-corrected chi connectivity index (χ4v) is 2.90. The van der Waals surface area contributed by atoms with Crippen LogP contribution in [0.15, 0.2) is 70.0 Å². The number of allylic oxidation sites excluding steroid dienone is 2. The van der Waals surface area contributed by atoms with Gasteiger partial charge in [0.25, 0.3) is 11.9 Å². The molecular weight excluding hydrogens is 378 g/mol. The Labute approximate surface area is 165 Å². The number of fused-ring (bicyclic) bond motifs is 1. The lowest BCUT2D eigenvalue weighted by atomic mass is 9.97. The predicted molar refractivity (Wildman–Crippen MR) is 107 cm³/mol. The van der Waals surface area contributed by atoms with E-state index in [4.69, 9.17) is 10.9 Å². The monoisotopic (exact) mass is 397 g/mol. The van der Waals surface area contributed by atoms with Gasteiger partial charge in [0, 0.05) is 10.6 Å². The second kappa shape index (κ2) is 8.35. The van der Waals surface area contributed by atoms with Crippen molar-refractivity contribution in [3.05, 3.63) is 75.5 Å². The van der Waals surface area contributed by atoms with E-state index in [1.807, 2.05) is 0 Å². The Bertz CT molecular complexity index is 976. The first-order valence-electron chi connectivity index (χ1n) is 8.59. The Kier molecular flexibility index (Phi) is 5.69. The topological polar surface area (TPSA) is 167 Å². The third-order valence-electron chi connectivity index (χ3n) is 4.39. The summed E-state index contributed by atoms with van der Waals surface area (Å²) in [6, 6.07) is 5.37. The summed E-state index contributed by atoms with van der Waals surface area (Å²) in [5.41, 5.74) is 9.75. The summed E-state index contributed by atoms with van der Waals surface area (Å²) in [5, 5.41) is 32.9. The normalized spacial score (nSPS) is 20.9. The molecule has 29 heavy (non-hydrogen) atoms. The minimum atomic E-state index is -0.921. The summed E-state index contributed by atoms with van der Waals surface area (Å²) in [7, 11) is 0. The van der Waals surface area contributed by atoms with Crippen molar-refractivity contribution in [2.75, 3.05) is 5.32 Å². The van der Waals surface area contributed by atoms with Crippen molar-refractivity contribution in [1.29, 1.82) is 0 Å². The zero-order chi connectivity index (χ0) is 21.0. The number of benzene rings is 1. The molecule has 1 aromatic rings. The van der Waals surface area contributed by atoms with E-state index >= 15 is 0 Å². The van der Waals surface area contributed by atoms with Gasteiger partial charge in [0.1, 0.15) is 11.7 Å². The molecule has 6 N–H and O–H groups in total. The Morgan fingerprint density at radius 2 is 2.03 bits per heavy atom. The summed E-state index contributed by atoms with van der Waals surface area (Å²) >= 11 is 0. The lowest BCUT2D eigenvalue weighted by molar-refractivity contribution is -0.511. The number of hydrogen-bond donors (Lipinski definition) is 5. The van der Waals surface area contributed by atoms with Gasteiger partial charge in [0.05, 0.1) is 5.71 Å². The molecule has 11 nitrogen and oxygen atoms in total. The Morgan fingerprint density at radius 1 is 1.31 bits per heavy atom. The quantitative estimate of drug-likeness (QED) is 0.210. The number of carbonyl (C=O) groups excluding carboxylic acids is 1. The number of rotatable bonds is 5. The van der Waals surface area contributed by atoms with Crippen LogP contribution < -0.4 is 21.8 Å². The minimum absolute atomic E-state index is 0.240. The van der Waals surface area contributed by atoms with E-state index in [1.54, 1.807) is 54.9 Å². The molecule has 1 amide bonds. The van der Waals surface area contributed by atoms with Gasteiger partial charge in [0.15, 0.2) is 0 Å². The summed E-state index contributed by atoms with van der Waals surface area (Å²) in [6.45, 7) is 1.71. The van der Waals surface area contributed by atoms with Crippen molar-refractivity contribution >= 4 is 23.3 Å². The Hall–Kier alpha value is -3.99. The smallest absolute Gasteiger partial charge is 0.271 e. The fourth-order valence-electron chi connectivity index (χ4n) is 2.90. The first-order valence-corrected chi connectivity index (χ1v) is 8.59. The first-order chi connectivity index (χ1) is 13.9. The number of nitro groups is 1. The Balaban J connectivity index is 1.66. The van der Waals surface area contributed by atoms with Crippen molar-refractivity contribution in [1.82, 2.24) is 10.8 Å². The van der Waals surface area contributed by atoms with E-state index < -0.39 is 18.0 Å². The molecule has 0 fully saturated rings. The number of anilines is 1. The second-order valence-corrected chi connectivity index (χ2v) is 6.32. The number of guanidine groups is 1. The van der Waals surface area contributed by atoms with E-state index in [0.29, 0.717) is 17.0 Å². The third-order valence-corrected chi connectivity index (χ3v) is 4.39. The summed E-state index contributed by atoms with van der Waals surface area (Å²) in [5.74, 6) is -0.636. The molecular formula is C18H19N7O4. The molecule has 0 radical (unpaired) electrons. The van der Waals surface area contributed by atoms with Gasteiger partial charge in [-0.05, 0) is 42.3 Å². The lowest BCUT2D eigenvalue weighted by Gasteiger charge is -2.19. The van der Waals surface area contributed by atoms with Crippen molar-refractivity contribution in [3.8, 4) is 0 Å². The van der Waals surface area contributed by atoms with Crippen molar-refractivity contribution in [3.63, 3.8) is 0 Å². The maximum atomic E-state index is 12.5. The molecule has 11 heteroatoms. The zero-order valence-corrected chi connectivity index (χ0v) is 15.4. The summed E-state index contributed by atoms with van der Waals surface area (Å²) < 4.78 is 0. The zero-order valence-electron chi connectivity index (χ0n) is 15.4. The van der Waals surface area contributed by atoms with Gasteiger partial charge in [-0.15, -0.1) is 5.10 Å². The van der Waals surface area contributed by atoms with Crippen LogP contribution in [-0.2, 0) is 4.79 Å². The van der Waals surface area contributed by atoms with Gasteiger partial charge in [-0.1, -0.05) is 24.3 Å². The number of carbonyl (C=O) groups is 1. The molecule has 3 rings (SSSR count). The highest BCUT2D eigenvalue weighted by atomic mass is 16.6. The molecule has 1 heterocycles. The van der Waals surface area contributed by atoms with Crippen LogP contribution in [0.4, 0.5) is 5.69 Å². The molecule has 1 aliphatic carbocycles. The number of nitrogens with zero attached hydrogens (tertiary/aromatic N) is 3. The minimum Gasteiger partial charge on any atom is -0.367 e. The van der Waals surface area contributed by atoms with Crippen LogP contribution in [0.25, 0.3) is 0 Å². The summed E-state index contributed by atoms with van der Waals surface area (Å²) in [4.78, 5) is 23.3. The van der Waals surface area contributed by atoms with E-state index in [1.165, 1.54) is 6.08 Å². The first kappa shape index (κ1) is 19.8. The van der Waals surface area contributed by atoms with Gasteiger partial charge >= 0.3 is 0 Å². The van der Waals surface area contributed by atoms with Gasteiger partial charge in [0.2, 0.25) is 5.96 Å². The van der Waals surface area contributed by atoms with Crippen LogP contribution in [0.1, 0.15) is 12.5 Å². The lowest BCUT2D eigenvalue weighted by Crippen LogP contribution is -2.42. The van der Waals surface area contributed by atoms with Crippen molar-refractivity contribution in [2.45, 2.75) is 19.0 Å². The van der Waals surface area contributed by atoms with E-state index in [2.05, 4.69) is 20.8 Å². The standard InChI is InChI=1S/C18H19N7O4/c1-10(22-23-18(19)24-27)11-5-7-13(8-6-11)20-17(26)14-9-12-3-2-4-15(25(28)29)16(12)21-14/h2-9,15-16,21,27H,1H3,(H,20,26)(H3,19,23,24)/b22-10+. The van der Waals surface area contributed by atoms with Crippen molar-refractivity contribution in [2.24, 2.45) is 15.9 Å². The van der Waals surface area contributed by atoms with Crippen molar-refractivity contribution < 1.29 is 14.9 Å². The molecule has 0 saturated heterocycles. The third kappa shape index (κ3) is 4.47. The van der Waals surface area contributed by atoms with Gasteiger partial charge in [-0.25, -0.2) is 5.48 Å². The van der Waals surface area contributed by atoms with Crippen LogP contribution >= 0.6 is 0 Å². The second-order valence-electron chi connectivity index (χ2n) is 6.32. The Morgan fingerprint density at radius 3 is 2.69 bits per heavy atom.